The highest BCUT2D eigenvalue weighted by Gasteiger charge is 2.42. The molecule has 220 valence electrons. The SMILES string of the molecule is C=C/C=C(\C(=N)OC1CC1)c1cnn2ccc(N3CCN(C(=O)OC4(C)CCN(C(=O)OC(C)(C)C)C4)CC3)nc12. The Bertz CT molecular complexity index is 1370. The monoisotopic (exact) mass is 565 g/mol. The van der Waals surface area contributed by atoms with E-state index in [0.717, 1.165) is 18.7 Å². The molecule has 1 aliphatic carbocycles. The van der Waals surface area contributed by atoms with Crippen molar-refractivity contribution < 1.29 is 23.8 Å². The summed E-state index contributed by atoms with van der Waals surface area (Å²) in [6, 6.07) is 1.89. The van der Waals surface area contributed by atoms with E-state index in [-0.39, 0.29) is 18.1 Å². The Morgan fingerprint density at radius 2 is 1.85 bits per heavy atom. The molecule has 0 spiro atoms. The molecule has 41 heavy (non-hydrogen) atoms. The second-order valence-corrected chi connectivity index (χ2v) is 12.0. The van der Waals surface area contributed by atoms with E-state index in [9.17, 15) is 9.59 Å². The number of anilines is 1. The van der Waals surface area contributed by atoms with Gasteiger partial charge in [-0.1, -0.05) is 12.7 Å². The maximum atomic E-state index is 13.1. The predicted octanol–water partition coefficient (Wildman–Crippen LogP) is 4.11. The molecular weight excluding hydrogens is 526 g/mol. The number of carbonyl (C=O) groups excluding carboxylic acids is 2. The molecule has 2 saturated heterocycles. The number of aromatic nitrogens is 3. The van der Waals surface area contributed by atoms with Crippen LogP contribution in [-0.2, 0) is 14.2 Å². The molecule has 1 unspecified atom stereocenters. The minimum atomic E-state index is -0.760. The van der Waals surface area contributed by atoms with Crippen LogP contribution in [0.5, 0.6) is 0 Å². The van der Waals surface area contributed by atoms with Crippen molar-refractivity contribution in [1.82, 2.24) is 24.4 Å². The lowest BCUT2D eigenvalue weighted by Crippen LogP contribution is -2.51. The minimum Gasteiger partial charge on any atom is -0.474 e. The molecule has 0 radical (unpaired) electrons. The third-order valence-electron chi connectivity index (χ3n) is 7.27. The van der Waals surface area contributed by atoms with Crippen molar-refractivity contribution in [3.63, 3.8) is 0 Å². The first-order valence-electron chi connectivity index (χ1n) is 14.1. The number of ether oxygens (including phenoxy) is 3. The van der Waals surface area contributed by atoms with Crippen molar-refractivity contribution in [3.8, 4) is 0 Å². The molecule has 3 aliphatic rings. The third kappa shape index (κ3) is 6.63. The average molecular weight is 566 g/mol. The zero-order chi connectivity index (χ0) is 29.4. The van der Waals surface area contributed by atoms with Gasteiger partial charge in [0.05, 0.1) is 18.3 Å². The number of carbonyl (C=O) groups is 2. The number of rotatable bonds is 6. The number of fused-ring (bicyclic) bond motifs is 1. The highest BCUT2D eigenvalue weighted by Crippen LogP contribution is 2.30. The fourth-order valence-electron chi connectivity index (χ4n) is 4.94. The Hall–Kier alpha value is -4.09. The average Bonchev–Trinajstić information content (AvgIpc) is 3.50. The second-order valence-electron chi connectivity index (χ2n) is 12.0. The van der Waals surface area contributed by atoms with E-state index in [0.29, 0.717) is 62.5 Å². The lowest BCUT2D eigenvalue weighted by molar-refractivity contribution is -0.00147. The molecule has 0 bridgehead atoms. The molecular formula is C29H39N7O5. The van der Waals surface area contributed by atoms with E-state index in [4.69, 9.17) is 24.6 Å². The maximum absolute atomic E-state index is 13.1. The molecule has 12 heteroatoms. The molecule has 2 aromatic heterocycles. The topological polar surface area (TPSA) is 126 Å². The van der Waals surface area contributed by atoms with E-state index >= 15 is 0 Å². The van der Waals surface area contributed by atoms with Crippen LogP contribution in [0.4, 0.5) is 15.4 Å². The molecule has 2 aromatic rings. The zero-order valence-electron chi connectivity index (χ0n) is 24.3. The van der Waals surface area contributed by atoms with Gasteiger partial charge in [0.1, 0.15) is 23.1 Å². The van der Waals surface area contributed by atoms with Gasteiger partial charge in [-0.2, -0.15) is 5.10 Å². The van der Waals surface area contributed by atoms with E-state index < -0.39 is 17.3 Å². The first kappa shape index (κ1) is 28.4. The van der Waals surface area contributed by atoms with Crippen LogP contribution in [0.25, 0.3) is 11.2 Å². The molecule has 2 amide bonds. The van der Waals surface area contributed by atoms with E-state index in [2.05, 4.69) is 16.6 Å². The van der Waals surface area contributed by atoms with Gasteiger partial charge in [0.2, 0.25) is 5.90 Å². The van der Waals surface area contributed by atoms with Crippen LogP contribution in [0, 0.1) is 5.41 Å². The smallest absolute Gasteiger partial charge is 0.410 e. The summed E-state index contributed by atoms with van der Waals surface area (Å²) >= 11 is 0. The lowest BCUT2D eigenvalue weighted by Gasteiger charge is -2.36. The Kier molecular flexibility index (Phi) is 7.67. The van der Waals surface area contributed by atoms with Crippen LogP contribution in [0.3, 0.4) is 0 Å². The molecule has 12 nitrogen and oxygen atoms in total. The van der Waals surface area contributed by atoms with Crippen molar-refractivity contribution in [1.29, 1.82) is 5.41 Å². The molecule has 4 heterocycles. The molecule has 5 rings (SSSR count). The summed E-state index contributed by atoms with van der Waals surface area (Å²) < 4.78 is 18.8. The van der Waals surface area contributed by atoms with Crippen LogP contribution in [-0.4, -0.2) is 99.1 Å². The maximum Gasteiger partial charge on any atom is 0.410 e. The summed E-state index contributed by atoms with van der Waals surface area (Å²) in [6.07, 6.45) is 8.72. The van der Waals surface area contributed by atoms with Crippen molar-refractivity contribution in [2.24, 2.45) is 0 Å². The van der Waals surface area contributed by atoms with Gasteiger partial charge in [0.15, 0.2) is 5.65 Å². The molecule has 2 aliphatic heterocycles. The first-order chi connectivity index (χ1) is 19.4. The van der Waals surface area contributed by atoms with Gasteiger partial charge in [0, 0.05) is 50.9 Å². The molecule has 3 fully saturated rings. The van der Waals surface area contributed by atoms with Gasteiger partial charge in [-0.25, -0.2) is 19.1 Å². The van der Waals surface area contributed by atoms with Gasteiger partial charge >= 0.3 is 12.2 Å². The Morgan fingerprint density at radius 1 is 1.12 bits per heavy atom. The normalized spacial score (nSPS) is 21.7. The Morgan fingerprint density at radius 3 is 2.51 bits per heavy atom. The van der Waals surface area contributed by atoms with Gasteiger partial charge in [0.25, 0.3) is 0 Å². The number of hydrogen-bond donors (Lipinski definition) is 1. The molecule has 0 aromatic carbocycles. The summed E-state index contributed by atoms with van der Waals surface area (Å²) in [6.45, 7) is 14.0. The Balaban J connectivity index is 1.20. The highest BCUT2D eigenvalue weighted by molar-refractivity contribution is 6.20. The number of nitrogens with one attached hydrogen (secondary N) is 1. The van der Waals surface area contributed by atoms with Crippen molar-refractivity contribution in [2.75, 3.05) is 44.2 Å². The highest BCUT2D eigenvalue weighted by atomic mass is 16.6. The number of piperazine rings is 1. The number of amides is 2. The van der Waals surface area contributed by atoms with E-state index in [1.165, 1.54) is 0 Å². The summed E-state index contributed by atoms with van der Waals surface area (Å²) in [7, 11) is 0. The third-order valence-corrected chi connectivity index (χ3v) is 7.27. The standard InChI is InChI=1S/C29H39N7O5/c1-6-7-21(24(30)39-20-8-9-20)22-18-31-36-12-10-23(32-25(22)36)33-14-16-34(17-15-33)26(37)41-29(5)11-13-35(19-29)27(38)40-28(2,3)4/h6-7,10,12,18,20,30H,1,8-9,11,13-17,19H2,2-5H3/b21-7-,30-24?. The van der Waals surface area contributed by atoms with Gasteiger partial charge < -0.3 is 28.9 Å². The van der Waals surface area contributed by atoms with Gasteiger partial charge in [-0.05, 0) is 52.7 Å². The largest absolute Gasteiger partial charge is 0.474 e. The quantitative estimate of drug-likeness (QED) is 0.315. The lowest BCUT2D eigenvalue weighted by atomic mass is 10.1. The van der Waals surface area contributed by atoms with Crippen LogP contribution in [0.1, 0.15) is 52.5 Å². The Labute approximate surface area is 240 Å². The van der Waals surface area contributed by atoms with Crippen LogP contribution >= 0.6 is 0 Å². The summed E-state index contributed by atoms with van der Waals surface area (Å²) in [4.78, 5) is 35.8. The van der Waals surface area contributed by atoms with Crippen LogP contribution in [0.2, 0.25) is 0 Å². The number of hydrogen-bond acceptors (Lipinski definition) is 9. The first-order valence-corrected chi connectivity index (χ1v) is 14.1. The van der Waals surface area contributed by atoms with Crippen molar-refractivity contribution >= 4 is 35.1 Å². The molecule has 1 N–H and O–H groups in total. The van der Waals surface area contributed by atoms with Gasteiger partial charge in [-0.3, -0.25) is 5.41 Å². The predicted molar refractivity (Wildman–Crippen MR) is 154 cm³/mol. The number of allylic oxidation sites excluding steroid dienone is 2. The van der Waals surface area contributed by atoms with Gasteiger partial charge in [-0.15, -0.1) is 0 Å². The number of likely N-dealkylation sites (tertiary alicyclic amines) is 1. The molecule has 1 saturated carbocycles. The minimum absolute atomic E-state index is 0.0896. The second kappa shape index (κ2) is 11.1. The van der Waals surface area contributed by atoms with E-state index in [1.54, 1.807) is 32.7 Å². The summed E-state index contributed by atoms with van der Waals surface area (Å²) in [5, 5.41) is 12.9. The van der Waals surface area contributed by atoms with Crippen molar-refractivity contribution in [2.45, 2.75) is 64.3 Å². The summed E-state index contributed by atoms with van der Waals surface area (Å²) in [5.74, 6) is 0.849. The van der Waals surface area contributed by atoms with Crippen LogP contribution < -0.4 is 4.90 Å². The van der Waals surface area contributed by atoms with E-state index in [1.807, 2.05) is 40.0 Å². The molecule has 1 atom stereocenters. The van der Waals surface area contributed by atoms with Crippen LogP contribution in [0.15, 0.2) is 37.2 Å². The fourth-order valence-corrected chi connectivity index (χ4v) is 4.94. The fraction of sp³-hybridized carbons (Fsp3) is 0.552. The zero-order valence-corrected chi connectivity index (χ0v) is 24.3. The van der Waals surface area contributed by atoms with Crippen molar-refractivity contribution in [3.05, 3.63) is 42.8 Å². The number of nitrogens with zero attached hydrogens (tertiary/aromatic N) is 6. The summed E-state index contributed by atoms with van der Waals surface area (Å²) in [5.41, 5.74) is 0.563.